The number of hydrogen-bond acceptors (Lipinski definition) is 1. The highest BCUT2D eigenvalue weighted by Crippen LogP contribution is 2.41. The summed E-state index contributed by atoms with van der Waals surface area (Å²) in [7, 11) is 0. The van der Waals surface area contributed by atoms with E-state index in [9.17, 15) is 6.85 Å². The molecular formula is C54H34N2S. The fourth-order valence-corrected chi connectivity index (χ4v) is 9.56. The minimum atomic E-state index is -0.418. The number of hydrogen-bond donors (Lipinski definition) is 0. The van der Waals surface area contributed by atoms with Crippen molar-refractivity contribution in [2.24, 2.45) is 0 Å². The second kappa shape index (κ2) is 12.7. The first-order valence-electron chi connectivity index (χ1n) is 22.4. The van der Waals surface area contributed by atoms with E-state index in [2.05, 4.69) is 83.4 Å². The van der Waals surface area contributed by atoms with Crippen molar-refractivity contribution in [3.63, 3.8) is 0 Å². The number of rotatable bonds is 5. The number of para-hydroxylation sites is 1. The summed E-state index contributed by atoms with van der Waals surface area (Å²) >= 11 is 1.66. The minimum Gasteiger partial charge on any atom is -0.309 e. The maximum absolute atomic E-state index is 9.95. The average Bonchev–Trinajstić information content (AvgIpc) is 4.00. The van der Waals surface area contributed by atoms with Crippen molar-refractivity contribution >= 4 is 75.1 Å². The maximum atomic E-state index is 9.95. The van der Waals surface area contributed by atoms with Gasteiger partial charge in [-0.2, -0.15) is 0 Å². The first-order chi connectivity index (χ1) is 31.2. The summed E-state index contributed by atoms with van der Waals surface area (Å²) in [6, 6.07) is 53.6. The van der Waals surface area contributed by atoms with E-state index in [1.165, 1.54) is 0 Å². The Morgan fingerprint density at radius 1 is 0.333 bits per heavy atom. The highest BCUT2D eigenvalue weighted by molar-refractivity contribution is 7.25. The van der Waals surface area contributed by atoms with Gasteiger partial charge >= 0.3 is 0 Å². The van der Waals surface area contributed by atoms with Gasteiger partial charge in [-0.3, -0.25) is 0 Å². The molecule has 0 bridgehead atoms. The molecule has 9 aromatic carbocycles. The van der Waals surface area contributed by atoms with Gasteiger partial charge in [0.05, 0.1) is 31.7 Å². The van der Waals surface area contributed by atoms with E-state index in [0.717, 1.165) is 69.9 Å². The Bertz CT molecular complexity index is 3910. The van der Waals surface area contributed by atoms with E-state index >= 15 is 0 Å². The van der Waals surface area contributed by atoms with Crippen LogP contribution in [0.1, 0.15) is 9.60 Å². The van der Waals surface area contributed by atoms with Crippen LogP contribution in [-0.2, 0) is 0 Å². The van der Waals surface area contributed by atoms with Gasteiger partial charge in [-0.1, -0.05) is 127 Å². The standard InChI is InChI=1S/C54H34N2S/c1-3-11-35(12-4-1)37-19-24-41(25-20-37)55-51-27-21-38(36-13-5-2-6-14-36)31-46(51)47-33-40(23-29-52(47)55)39-22-28-50-45(32-39)43-15-7-9-17-49(43)56(50)42-26-30-54-48(34-42)44-16-8-10-18-53(44)57-54/h1-34H/i7D,9D,15D,17D,22D,28D,32D. The zero-order valence-corrected chi connectivity index (χ0v) is 31.2. The van der Waals surface area contributed by atoms with E-state index in [1.54, 1.807) is 15.9 Å². The lowest BCUT2D eigenvalue weighted by Crippen LogP contribution is -1.94. The zero-order chi connectivity index (χ0) is 43.5. The second-order valence-corrected chi connectivity index (χ2v) is 15.5. The van der Waals surface area contributed by atoms with Crippen LogP contribution in [0.25, 0.3) is 109 Å². The molecule has 0 unspecified atom stereocenters. The zero-order valence-electron chi connectivity index (χ0n) is 37.4. The molecule has 0 spiro atoms. The van der Waals surface area contributed by atoms with Crippen molar-refractivity contribution < 1.29 is 9.60 Å². The first kappa shape index (κ1) is 25.8. The quantitative estimate of drug-likeness (QED) is 0.166. The Hall–Kier alpha value is -7.20. The molecule has 3 heterocycles. The smallest absolute Gasteiger partial charge is 0.0645 e. The van der Waals surface area contributed by atoms with Crippen molar-refractivity contribution in [1.29, 1.82) is 0 Å². The van der Waals surface area contributed by atoms with Crippen molar-refractivity contribution in [2.45, 2.75) is 0 Å². The molecule has 0 saturated heterocycles. The van der Waals surface area contributed by atoms with Crippen LogP contribution < -0.4 is 0 Å². The predicted molar refractivity (Wildman–Crippen MR) is 244 cm³/mol. The number of aromatic nitrogens is 2. The van der Waals surface area contributed by atoms with Crippen molar-refractivity contribution in [2.75, 3.05) is 0 Å². The van der Waals surface area contributed by atoms with Crippen LogP contribution in [0.3, 0.4) is 0 Å². The van der Waals surface area contributed by atoms with Crippen LogP contribution in [0.5, 0.6) is 0 Å². The van der Waals surface area contributed by atoms with Gasteiger partial charge in [-0.15, -0.1) is 11.3 Å². The normalized spacial score (nSPS) is 13.6. The fourth-order valence-electron chi connectivity index (χ4n) is 8.47. The van der Waals surface area contributed by atoms with Crippen molar-refractivity contribution in [3.05, 3.63) is 206 Å². The monoisotopic (exact) mass is 749 g/mol. The van der Waals surface area contributed by atoms with Crippen LogP contribution >= 0.6 is 11.3 Å². The molecule has 266 valence electrons. The largest absolute Gasteiger partial charge is 0.309 e. The number of benzene rings is 9. The molecule has 0 aliphatic carbocycles. The van der Waals surface area contributed by atoms with Gasteiger partial charge in [0.1, 0.15) is 0 Å². The third-order valence-corrected chi connectivity index (χ3v) is 12.3. The summed E-state index contributed by atoms with van der Waals surface area (Å²) < 4.78 is 71.3. The minimum absolute atomic E-state index is 0.0728. The molecule has 0 saturated carbocycles. The molecule has 0 amide bonds. The molecule has 0 fully saturated rings. The molecule has 0 radical (unpaired) electrons. The highest BCUT2D eigenvalue weighted by Gasteiger charge is 2.18. The number of fused-ring (bicyclic) bond motifs is 9. The summed E-state index contributed by atoms with van der Waals surface area (Å²) in [6.07, 6.45) is 0. The molecule has 0 atom stereocenters. The lowest BCUT2D eigenvalue weighted by Gasteiger charge is -2.10. The summed E-state index contributed by atoms with van der Waals surface area (Å²) in [5, 5.41) is 4.28. The second-order valence-electron chi connectivity index (χ2n) is 14.4. The molecular weight excluding hydrogens is 709 g/mol. The molecule has 57 heavy (non-hydrogen) atoms. The Labute approximate surface area is 343 Å². The highest BCUT2D eigenvalue weighted by atomic mass is 32.1. The van der Waals surface area contributed by atoms with Crippen molar-refractivity contribution in [3.8, 4) is 44.8 Å². The molecule has 3 aromatic heterocycles. The third kappa shape index (κ3) is 5.10. The SMILES string of the molecule is [2H]c1c([2H])c([2H])c2c(c1[2H])c1c([2H])c(-c3ccc4c(c3)c3cc(-c5ccccc5)ccc3n4-c3ccc(-c4ccccc4)cc3)c([2H])c([2H])c1n2-c1ccc2sc3ccccc3c2c1. The van der Waals surface area contributed by atoms with Gasteiger partial charge in [0.25, 0.3) is 0 Å². The molecule has 0 N–H and O–H groups in total. The van der Waals surface area contributed by atoms with Crippen LogP contribution in [0.4, 0.5) is 0 Å². The van der Waals surface area contributed by atoms with Gasteiger partial charge in [0, 0.05) is 53.1 Å². The lowest BCUT2D eigenvalue weighted by molar-refractivity contribution is 1.18. The van der Waals surface area contributed by atoms with E-state index in [0.29, 0.717) is 11.3 Å². The van der Waals surface area contributed by atoms with E-state index in [-0.39, 0.29) is 57.6 Å². The van der Waals surface area contributed by atoms with Gasteiger partial charge < -0.3 is 9.13 Å². The van der Waals surface area contributed by atoms with E-state index in [4.69, 9.17) is 2.74 Å². The van der Waals surface area contributed by atoms with Gasteiger partial charge in [-0.05, 0) is 112 Å². The van der Waals surface area contributed by atoms with Crippen LogP contribution in [0, 0.1) is 0 Å². The van der Waals surface area contributed by atoms with Gasteiger partial charge in [0.15, 0.2) is 0 Å². The summed E-state index contributed by atoms with van der Waals surface area (Å²) in [6.45, 7) is 0. The van der Waals surface area contributed by atoms with Crippen LogP contribution in [0.2, 0.25) is 0 Å². The molecule has 0 aliphatic rings. The molecule has 2 nitrogen and oxygen atoms in total. The summed E-state index contributed by atoms with van der Waals surface area (Å²) in [4.78, 5) is 0. The number of thiophene rings is 1. The average molecular weight is 750 g/mol. The molecule has 12 aromatic rings. The van der Waals surface area contributed by atoms with E-state index < -0.39 is 12.1 Å². The van der Waals surface area contributed by atoms with Gasteiger partial charge in [-0.25, -0.2) is 0 Å². The van der Waals surface area contributed by atoms with Crippen molar-refractivity contribution in [1.82, 2.24) is 9.13 Å². The summed E-state index contributed by atoms with van der Waals surface area (Å²) in [5.41, 5.74) is 9.00. The fraction of sp³-hybridized carbons (Fsp3) is 0. The molecule has 12 rings (SSSR count). The first-order valence-corrected chi connectivity index (χ1v) is 19.8. The molecule has 0 aliphatic heterocycles. The third-order valence-electron chi connectivity index (χ3n) is 11.2. The molecule has 3 heteroatoms. The Balaban J connectivity index is 1.12. The van der Waals surface area contributed by atoms with Crippen LogP contribution in [0.15, 0.2) is 206 Å². The maximum Gasteiger partial charge on any atom is 0.0645 e. The van der Waals surface area contributed by atoms with E-state index in [1.807, 2.05) is 84.9 Å². The summed E-state index contributed by atoms with van der Waals surface area (Å²) in [5.74, 6) is 0. The predicted octanol–water partition coefficient (Wildman–Crippen LogP) is 15.2. The Morgan fingerprint density at radius 3 is 1.65 bits per heavy atom. The van der Waals surface area contributed by atoms with Gasteiger partial charge in [0.2, 0.25) is 0 Å². The Morgan fingerprint density at radius 2 is 0.895 bits per heavy atom. The van der Waals surface area contributed by atoms with Crippen LogP contribution in [-0.4, -0.2) is 9.13 Å². The lowest BCUT2D eigenvalue weighted by atomic mass is 9.99. The topological polar surface area (TPSA) is 9.86 Å². The Kier molecular flexibility index (Phi) is 5.74. The number of nitrogens with zero attached hydrogens (tertiary/aromatic N) is 2.